The third-order valence-corrected chi connectivity index (χ3v) is 6.19. The first kappa shape index (κ1) is 20.3. The fourth-order valence-corrected chi connectivity index (χ4v) is 4.57. The number of nitrogens with one attached hydrogen (secondary N) is 1. The van der Waals surface area contributed by atoms with Crippen molar-refractivity contribution in [3.63, 3.8) is 0 Å². The van der Waals surface area contributed by atoms with Gasteiger partial charge in [0, 0.05) is 23.9 Å². The molecule has 2 aromatic heterocycles. The minimum Gasteiger partial charge on any atom is -0.306 e. The molecule has 0 saturated carbocycles. The largest absolute Gasteiger partial charge is 0.306 e. The van der Waals surface area contributed by atoms with Gasteiger partial charge in [-0.2, -0.15) is 0 Å². The number of thiazole rings is 1. The summed E-state index contributed by atoms with van der Waals surface area (Å²) < 4.78 is 2.06. The lowest BCUT2D eigenvalue weighted by Crippen LogP contribution is -2.14. The third kappa shape index (κ3) is 4.95. The Hall–Kier alpha value is -2.97. The zero-order chi connectivity index (χ0) is 20.8. The van der Waals surface area contributed by atoms with Gasteiger partial charge in [0.15, 0.2) is 10.3 Å². The van der Waals surface area contributed by atoms with Gasteiger partial charge in [-0.1, -0.05) is 72.4 Å². The van der Waals surface area contributed by atoms with E-state index in [1.54, 1.807) is 0 Å². The molecule has 4 rings (SSSR count). The summed E-state index contributed by atoms with van der Waals surface area (Å²) in [4.78, 5) is 16.9. The van der Waals surface area contributed by atoms with E-state index in [1.165, 1.54) is 28.7 Å². The van der Waals surface area contributed by atoms with Gasteiger partial charge in [0.25, 0.3) is 0 Å². The molecule has 30 heavy (non-hydrogen) atoms. The van der Waals surface area contributed by atoms with Crippen molar-refractivity contribution in [1.29, 1.82) is 0 Å². The smallest absolute Gasteiger partial charge is 0.236 e. The predicted octanol–water partition coefficient (Wildman–Crippen LogP) is 4.74. The van der Waals surface area contributed by atoms with Crippen LogP contribution in [-0.2, 0) is 17.8 Å². The van der Waals surface area contributed by atoms with Gasteiger partial charge in [0.05, 0.1) is 11.4 Å². The number of aromatic nitrogens is 4. The van der Waals surface area contributed by atoms with Crippen LogP contribution >= 0.6 is 23.1 Å². The number of carbonyl (C=O) groups excluding carboxylic acids is 1. The highest BCUT2D eigenvalue weighted by molar-refractivity contribution is 7.99. The Morgan fingerprint density at radius 1 is 1.07 bits per heavy atom. The minimum atomic E-state index is -0.107. The van der Waals surface area contributed by atoms with Crippen molar-refractivity contribution < 1.29 is 4.79 Å². The summed E-state index contributed by atoms with van der Waals surface area (Å²) in [6.07, 6.45) is 0.718. The molecular formula is C22H21N5OS2. The number of rotatable bonds is 8. The molecule has 152 valence electrons. The summed E-state index contributed by atoms with van der Waals surface area (Å²) in [7, 11) is 0. The quantitative estimate of drug-likeness (QED) is 0.405. The monoisotopic (exact) mass is 435 g/mol. The molecule has 4 aromatic rings. The Morgan fingerprint density at radius 3 is 2.53 bits per heavy atom. The molecule has 0 aliphatic carbocycles. The van der Waals surface area contributed by atoms with Gasteiger partial charge in [-0.15, -0.1) is 21.5 Å². The molecule has 0 unspecified atom stereocenters. The lowest BCUT2D eigenvalue weighted by atomic mass is 10.1. The first-order valence-electron chi connectivity index (χ1n) is 9.62. The zero-order valence-corrected chi connectivity index (χ0v) is 18.1. The van der Waals surface area contributed by atoms with E-state index in [4.69, 9.17) is 0 Å². The first-order valence-corrected chi connectivity index (χ1v) is 11.5. The van der Waals surface area contributed by atoms with E-state index in [9.17, 15) is 4.79 Å². The fourth-order valence-electron chi connectivity index (χ4n) is 3.01. The summed E-state index contributed by atoms with van der Waals surface area (Å²) in [5.74, 6) is 1.05. The van der Waals surface area contributed by atoms with Crippen LogP contribution in [0.15, 0.2) is 71.2 Å². The summed E-state index contributed by atoms with van der Waals surface area (Å²) in [5, 5.41) is 14.8. The van der Waals surface area contributed by atoms with E-state index >= 15 is 0 Å². The van der Waals surface area contributed by atoms with Gasteiger partial charge in [-0.3, -0.25) is 4.79 Å². The predicted molar refractivity (Wildman–Crippen MR) is 122 cm³/mol. The fraction of sp³-hybridized carbons (Fsp3) is 0.182. The van der Waals surface area contributed by atoms with Crippen LogP contribution in [0.1, 0.15) is 18.3 Å². The number of carbonyl (C=O) groups is 1. The van der Waals surface area contributed by atoms with Gasteiger partial charge in [-0.25, -0.2) is 4.98 Å². The standard InChI is InChI=1S/C22H21N5OS2/c1-2-27-19(13-16-9-5-3-6-10-16)25-26-22(27)30-15-20(28)24-21-23-18(14-29-21)17-11-7-4-8-12-17/h3-12,14H,2,13,15H2,1H3,(H,23,24,28). The average molecular weight is 436 g/mol. The van der Waals surface area contributed by atoms with Crippen LogP contribution in [0.2, 0.25) is 0 Å². The molecule has 0 aliphatic heterocycles. The first-order chi connectivity index (χ1) is 14.7. The summed E-state index contributed by atoms with van der Waals surface area (Å²) >= 11 is 2.81. The van der Waals surface area contributed by atoms with Gasteiger partial charge < -0.3 is 9.88 Å². The van der Waals surface area contributed by atoms with Crippen molar-refractivity contribution in [1.82, 2.24) is 19.7 Å². The van der Waals surface area contributed by atoms with Gasteiger partial charge in [0.2, 0.25) is 5.91 Å². The molecule has 0 atom stereocenters. The highest BCUT2D eigenvalue weighted by Crippen LogP contribution is 2.25. The molecule has 0 aliphatic rings. The van der Waals surface area contributed by atoms with E-state index in [-0.39, 0.29) is 11.7 Å². The number of anilines is 1. The Balaban J connectivity index is 1.36. The molecular weight excluding hydrogens is 414 g/mol. The number of nitrogens with zero attached hydrogens (tertiary/aromatic N) is 4. The van der Waals surface area contributed by atoms with Crippen LogP contribution in [0.5, 0.6) is 0 Å². The lowest BCUT2D eigenvalue weighted by molar-refractivity contribution is -0.113. The molecule has 1 amide bonds. The van der Waals surface area contributed by atoms with Crippen molar-refractivity contribution in [2.75, 3.05) is 11.1 Å². The maximum atomic E-state index is 12.4. The maximum Gasteiger partial charge on any atom is 0.236 e. The number of hydrogen-bond donors (Lipinski definition) is 1. The van der Waals surface area contributed by atoms with Gasteiger partial charge in [-0.05, 0) is 12.5 Å². The Labute approximate surface area is 183 Å². The van der Waals surface area contributed by atoms with E-state index in [2.05, 4.69) is 44.1 Å². The third-order valence-electron chi connectivity index (χ3n) is 4.47. The molecule has 1 N–H and O–H groups in total. The highest BCUT2D eigenvalue weighted by atomic mass is 32.2. The maximum absolute atomic E-state index is 12.4. The van der Waals surface area contributed by atoms with E-state index in [0.29, 0.717) is 5.13 Å². The van der Waals surface area contributed by atoms with Crippen LogP contribution < -0.4 is 5.32 Å². The topological polar surface area (TPSA) is 72.7 Å². The lowest BCUT2D eigenvalue weighted by Gasteiger charge is -2.07. The highest BCUT2D eigenvalue weighted by Gasteiger charge is 2.14. The second-order valence-corrected chi connectivity index (χ2v) is 8.35. The molecule has 0 spiro atoms. The summed E-state index contributed by atoms with van der Waals surface area (Å²) in [6.45, 7) is 2.81. The van der Waals surface area contributed by atoms with Crippen molar-refractivity contribution >= 4 is 34.1 Å². The summed E-state index contributed by atoms with van der Waals surface area (Å²) in [6, 6.07) is 20.1. The molecule has 0 fully saturated rings. The van der Waals surface area contributed by atoms with Crippen molar-refractivity contribution in [2.45, 2.75) is 25.0 Å². The van der Waals surface area contributed by atoms with Crippen molar-refractivity contribution in [2.24, 2.45) is 0 Å². The minimum absolute atomic E-state index is 0.107. The van der Waals surface area contributed by atoms with Crippen LogP contribution in [0, 0.1) is 0 Å². The van der Waals surface area contributed by atoms with E-state index in [1.807, 2.05) is 53.9 Å². The molecule has 0 saturated heterocycles. The van der Waals surface area contributed by atoms with Crippen LogP contribution in [0.25, 0.3) is 11.3 Å². The SMILES string of the molecule is CCn1c(Cc2ccccc2)nnc1SCC(=O)Nc1nc(-c2ccccc2)cs1. The van der Waals surface area contributed by atoms with E-state index < -0.39 is 0 Å². The molecule has 2 heterocycles. The number of thioether (sulfide) groups is 1. The number of benzene rings is 2. The Bertz CT molecular complexity index is 1110. The molecule has 0 bridgehead atoms. The number of hydrogen-bond acceptors (Lipinski definition) is 6. The van der Waals surface area contributed by atoms with Crippen molar-refractivity contribution in [3.8, 4) is 11.3 Å². The molecule has 2 aromatic carbocycles. The van der Waals surface area contributed by atoms with Gasteiger partial charge in [0.1, 0.15) is 5.82 Å². The normalized spacial score (nSPS) is 10.8. The van der Waals surface area contributed by atoms with E-state index in [0.717, 1.165) is 35.2 Å². The van der Waals surface area contributed by atoms with Crippen LogP contribution in [-0.4, -0.2) is 31.4 Å². The molecule has 8 heteroatoms. The zero-order valence-electron chi connectivity index (χ0n) is 16.5. The average Bonchev–Trinajstić information content (AvgIpc) is 3.40. The second-order valence-electron chi connectivity index (χ2n) is 6.55. The molecule has 0 radical (unpaired) electrons. The van der Waals surface area contributed by atoms with Crippen molar-refractivity contribution in [3.05, 3.63) is 77.4 Å². The molecule has 6 nitrogen and oxygen atoms in total. The summed E-state index contributed by atoms with van der Waals surface area (Å²) in [5.41, 5.74) is 3.08. The Morgan fingerprint density at radius 2 is 1.80 bits per heavy atom. The number of amides is 1. The second kappa shape index (κ2) is 9.69. The van der Waals surface area contributed by atoms with Crippen LogP contribution in [0.3, 0.4) is 0 Å². The Kier molecular flexibility index (Phi) is 6.56. The van der Waals surface area contributed by atoms with Crippen LogP contribution in [0.4, 0.5) is 5.13 Å². The van der Waals surface area contributed by atoms with Gasteiger partial charge >= 0.3 is 0 Å².